The molecule has 1 spiro atoms. The lowest BCUT2D eigenvalue weighted by Gasteiger charge is -2.58. The lowest BCUT2D eigenvalue weighted by atomic mass is 9.69. The monoisotopic (exact) mass is 569 g/mol. The number of hydrogen-bond donors (Lipinski definition) is 2. The van der Waals surface area contributed by atoms with E-state index in [0.717, 1.165) is 6.07 Å². The minimum atomic E-state index is -3.15. The molecule has 214 valence electrons. The van der Waals surface area contributed by atoms with Gasteiger partial charge in [-0.05, 0) is 43.5 Å². The Balaban J connectivity index is 1.24. The summed E-state index contributed by atoms with van der Waals surface area (Å²) >= 11 is 0. The summed E-state index contributed by atoms with van der Waals surface area (Å²) < 4.78 is 48.6. The van der Waals surface area contributed by atoms with Crippen molar-refractivity contribution in [2.75, 3.05) is 31.6 Å². The zero-order valence-electron chi connectivity index (χ0n) is 22.1. The molecule has 3 amide bonds. The van der Waals surface area contributed by atoms with Crippen LogP contribution >= 0.6 is 0 Å². The molecule has 1 aromatic carbocycles. The van der Waals surface area contributed by atoms with E-state index in [9.17, 15) is 32.3 Å². The van der Waals surface area contributed by atoms with Crippen LogP contribution < -0.4 is 10.6 Å². The van der Waals surface area contributed by atoms with E-state index in [1.807, 2.05) is 0 Å². The van der Waals surface area contributed by atoms with Gasteiger partial charge in [-0.1, -0.05) is 0 Å². The van der Waals surface area contributed by atoms with Gasteiger partial charge in [-0.25, -0.2) is 13.2 Å². The second-order valence-electron chi connectivity index (χ2n) is 11.5. The van der Waals surface area contributed by atoms with Crippen molar-refractivity contribution in [1.82, 2.24) is 14.8 Å². The summed E-state index contributed by atoms with van der Waals surface area (Å²) in [6.07, 6.45) is -0.804. The molecule has 0 bridgehead atoms. The summed E-state index contributed by atoms with van der Waals surface area (Å²) in [5, 5.41) is 14.0. The summed E-state index contributed by atoms with van der Waals surface area (Å²) in [6, 6.07) is 5.21. The van der Waals surface area contributed by atoms with Crippen LogP contribution in [0, 0.1) is 29.5 Å². The van der Waals surface area contributed by atoms with Gasteiger partial charge >= 0.3 is 0 Å². The standard InChI is InChI=1S/C28H26F3N5O5/c1-15-20(19-3-2-6-36(19)21(15)23(38)33-17-4-5-18(29)16(7-17)8-32)22(37)24(39)34-27(9-28(30,31)10-27)25(40)35-11-26(12-35)13-41-14-26/h4-5,7H,2-3,6,9-14H2,1H3,(H,33,38)(H,34,39). The molecule has 2 N–H and O–H groups in total. The number of ether oxygens (including phenoxy) is 1. The number of rotatable bonds is 6. The molecule has 13 heteroatoms. The molecule has 2 aromatic rings. The Bertz CT molecular complexity index is 1560. The van der Waals surface area contributed by atoms with Crippen LogP contribution in [0.5, 0.6) is 0 Å². The van der Waals surface area contributed by atoms with Crippen LogP contribution in [0.2, 0.25) is 0 Å². The van der Waals surface area contributed by atoms with Crippen LogP contribution in [0.4, 0.5) is 18.9 Å². The number of likely N-dealkylation sites (tertiary alicyclic amines) is 1. The maximum atomic E-state index is 14.1. The number of nitriles is 1. The van der Waals surface area contributed by atoms with Crippen molar-refractivity contribution >= 4 is 29.2 Å². The first kappa shape index (κ1) is 27.0. The van der Waals surface area contributed by atoms with Crippen molar-refractivity contribution in [1.29, 1.82) is 5.26 Å². The summed E-state index contributed by atoms with van der Waals surface area (Å²) in [4.78, 5) is 54.7. The summed E-state index contributed by atoms with van der Waals surface area (Å²) in [5.41, 5.74) is -1.36. The number of aromatic nitrogens is 1. The van der Waals surface area contributed by atoms with Crippen LogP contribution in [-0.2, 0) is 27.3 Å². The average Bonchev–Trinajstić information content (AvgIpc) is 3.40. The summed E-state index contributed by atoms with van der Waals surface area (Å²) in [5.74, 6) is -7.37. The third-order valence-electron chi connectivity index (χ3n) is 8.44. The number of hydrogen-bond acceptors (Lipinski definition) is 6. The fourth-order valence-corrected chi connectivity index (χ4v) is 6.49. The predicted molar refractivity (Wildman–Crippen MR) is 136 cm³/mol. The van der Waals surface area contributed by atoms with Crippen molar-refractivity contribution in [3.05, 3.63) is 52.1 Å². The molecule has 3 fully saturated rings. The number of benzene rings is 1. The van der Waals surface area contributed by atoms with Gasteiger partial charge in [0.1, 0.15) is 23.1 Å². The molecule has 41 heavy (non-hydrogen) atoms. The van der Waals surface area contributed by atoms with Crippen molar-refractivity contribution in [3.8, 4) is 6.07 Å². The van der Waals surface area contributed by atoms with Gasteiger partial charge in [0, 0.05) is 43.9 Å². The SMILES string of the molecule is Cc1c(C(=O)C(=O)NC2(C(=O)N3CC4(COC4)C3)CC(F)(F)C2)c2n(c1C(=O)Nc1ccc(F)c(C#N)c1)CCC2. The van der Waals surface area contributed by atoms with Gasteiger partial charge in [0.2, 0.25) is 5.91 Å². The third-order valence-corrected chi connectivity index (χ3v) is 8.44. The number of carbonyl (C=O) groups is 4. The van der Waals surface area contributed by atoms with Gasteiger partial charge in [-0.2, -0.15) is 5.26 Å². The molecule has 0 atom stereocenters. The largest absolute Gasteiger partial charge is 0.380 e. The molecule has 0 unspecified atom stereocenters. The highest BCUT2D eigenvalue weighted by Crippen LogP contribution is 2.49. The first-order chi connectivity index (χ1) is 19.4. The molecule has 1 aliphatic carbocycles. The van der Waals surface area contributed by atoms with Crippen molar-refractivity contribution in [3.63, 3.8) is 0 Å². The minimum absolute atomic E-state index is 0.00910. The first-order valence-corrected chi connectivity index (χ1v) is 13.2. The number of nitrogens with one attached hydrogen (secondary N) is 2. The van der Waals surface area contributed by atoms with Gasteiger partial charge in [-0.3, -0.25) is 19.2 Å². The lowest BCUT2D eigenvalue weighted by Crippen LogP contribution is -2.76. The Morgan fingerprint density at radius 2 is 1.83 bits per heavy atom. The zero-order chi connectivity index (χ0) is 29.3. The number of halogens is 3. The summed E-state index contributed by atoms with van der Waals surface area (Å²) in [6.45, 7) is 3.57. The van der Waals surface area contributed by atoms with Crippen molar-refractivity contribution in [2.24, 2.45) is 5.41 Å². The van der Waals surface area contributed by atoms with Gasteiger partial charge < -0.3 is 24.8 Å². The normalized spacial score (nSPS) is 20.6. The maximum Gasteiger partial charge on any atom is 0.293 e. The number of fused-ring (bicyclic) bond motifs is 1. The smallest absolute Gasteiger partial charge is 0.293 e. The van der Waals surface area contributed by atoms with Crippen LogP contribution in [0.1, 0.15) is 56.9 Å². The van der Waals surface area contributed by atoms with E-state index in [1.165, 1.54) is 24.0 Å². The Hall–Kier alpha value is -4.18. The zero-order valence-corrected chi connectivity index (χ0v) is 22.1. The first-order valence-electron chi connectivity index (χ1n) is 13.2. The highest BCUT2D eigenvalue weighted by molar-refractivity contribution is 6.44. The molecule has 10 nitrogen and oxygen atoms in total. The van der Waals surface area contributed by atoms with Crippen molar-refractivity contribution in [2.45, 2.75) is 50.6 Å². The molecule has 1 aromatic heterocycles. The average molecular weight is 570 g/mol. The molecule has 2 saturated heterocycles. The van der Waals surface area contributed by atoms with Crippen LogP contribution in [0.3, 0.4) is 0 Å². The second kappa shape index (κ2) is 9.17. The van der Waals surface area contributed by atoms with Crippen molar-refractivity contribution < 1.29 is 37.1 Å². The van der Waals surface area contributed by atoms with E-state index in [-0.39, 0.29) is 33.5 Å². The highest BCUT2D eigenvalue weighted by Gasteiger charge is 2.65. The quantitative estimate of drug-likeness (QED) is 0.405. The molecular formula is C28H26F3N5O5. The number of amides is 3. The number of anilines is 1. The van der Waals surface area contributed by atoms with Crippen LogP contribution in [0.25, 0.3) is 0 Å². The Labute approximate surface area is 232 Å². The number of ketones is 1. The second-order valence-corrected chi connectivity index (χ2v) is 11.5. The van der Waals surface area contributed by atoms with Gasteiger partial charge in [0.25, 0.3) is 23.5 Å². The van der Waals surface area contributed by atoms with E-state index in [2.05, 4.69) is 10.6 Å². The fourth-order valence-electron chi connectivity index (χ4n) is 6.49. The molecule has 3 aliphatic heterocycles. The number of carbonyl (C=O) groups excluding carboxylic acids is 4. The third kappa shape index (κ3) is 4.28. The number of alkyl halides is 2. The van der Waals surface area contributed by atoms with Crippen LogP contribution in [0.15, 0.2) is 18.2 Å². The van der Waals surface area contributed by atoms with E-state index >= 15 is 0 Å². The highest BCUT2D eigenvalue weighted by atomic mass is 19.3. The van der Waals surface area contributed by atoms with Gasteiger partial charge in [0.05, 0.1) is 29.8 Å². The Morgan fingerprint density at radius 1 is 1.12 bits per heavy atom. The molecule has 6 rings (SSSR count). The fraction of sp³-hybridized carbons (Fsp3) is 0.464. The van der Waals surface area contributed by atoms with E-state index in [4.69, 9.17) is 10.00 Å². The topological polar surface area (TPSA) is 134 Å². The molecule has 0 radical (unpaired) electrons. The maximum absolute atomic E-state index is 14.1. The molecule has 4 heterocycles. The van der Waals surface area contributed by atoms with Gasteiger partial charge in [0.15, 0.2) is 0 Å². The van der Waals surface area contributed by atoms with E-state index < -0.39 is 53.6 Å². The predicted octanol–water partition coefficient (Wildman–Crippen LogP) is 2.33. The molecular weight excluding hydrogens is 543 g/mol. The lowest BCUT2D eigenvalue weighted by molar-refractivity contribution is -0.211. The number of Topliss-reactive ketones (excluding diaryl/α,β-unsaturated/α-hetero) is 1. The van der Waals surface area contributed by atoms with E-state index in [1.54, 1.807) is 10.6 Å². The summed E-state index contributed by atoms with van der Waals surface area (Å²) in [7, 11) is 0. The Kier molecular flexibility index (Phi) is 6.04. The number of nitrogens with zero attached hydrogens (tertiary/aromatic N) is 3. The molecule has 1 saturated carbocycles. The van der Waals surface area contributed by atoms with Gasteiger partial charge in [-0.15, -0.1) is 0 Å². The Morgan fingerprint density at radius 3 is 2.44 bits per heavy atom. The molecule has 4 aliphatic rings. The van der Waals surface area contributed by atoms with E-state index in [0.29, 0.717) is 51.4 Å². The van der Waals surface area contributed by atoms with Crippen LogP contribution in [-0.4, -0.2) is 70.7 Å². The minimum Gasteiger partial charge on any atom is -0.380 e.